The van der Waals surface area contributed by atoms with E-state index in [4.69, 9.17) is 0 Å². The van der Waals surface area contributed by atoms with E-state index in [-0.39, 0.29) is 6.04 Å². The van der Waals surface area contributed by atoms with Crippen molar-refractivity contribution in [1.82, 2.24) is 10.3 Å². The van der Waals surface area contributed by atoms with E-state index >= 15 is 0 Å². The van der Waals surface area contributed by atoms with Gasteiger partial charge in [-0.1, -0.05) is 13.0 Å². The van der Waals surface area contributed by atoms with Gasteiger partial charge in [-0.2, -0.15) is 0 Å². The van der Waals surface area contributed by atoms with Crippen LogP contribution in [-0.2, 0) is 6.54 Å². The van der Waals surface area contributed by atoms with Crippen molar-refractivity contribution in [1.29, 1.82) is 0 Å². The average molecular weight is 285 g/mol. The van der Waals surface area contributed by atoms with Crippen LogP contribution in [0.15, 0.2) is 42.7 Å². The molecule has 0 spiro atoms. The van der Waals surface area contributed by atoms with Gasteiger partial charge in [0.1, 0.15) is 5.75 Å². The zero-order valence-electron chi connectivity index (χ0n) is 12.9. The first-order chi connectivity index (χ1) is 10.1. The molecule has 0 aliphatic heterocycles. The van der Waals surface area contributed by atoms with Crippen LogP contribution in [0.1, 0.15) is 31.0 Å². The Labute approximate surface area is 126 Å². The zero-order chi connectivity index (χ0) is 15.2. The van der Waals surface area contributed by atoms with E-state index in [1.165, 1.54) is 5.56 Å². The average Bonchev–Trinajstić information content (AvgIpc) is 2.48. The fraction of sp³-hybridized carbons (Fsp3) is 0.353. The molecule has 0 saturated carbocycles. The van der Waals surface area contributed by atoms with Crippen LogP contribution in [0.3, 0.4) is 0 Å². The van der Waals surface area contributed by atoms with Gasteiger partial charge in [-0.15, -0.1) is 0 Å². The fourth-order valence-electron chi connectivity index (χ4n) is 2.41. The molecule has 0 saturated heterocycles. The van der Waals surface area contributed by atoms with E-state index < -0.39 is 0 Å². The molecule has 1 heterocycles. The summed E-state index contributed by atoms with van der Waals surface area (Å²) in [4.78, 5) is 6.13. The normalized spacial score (nSPS) is 12.1. The molecule has 0 radical (unpaired) electrons. The van der Waals surface area contributed by atoms with Crippen molar-refractivity contribution < 1.29 is 5.11 Å². The number of nitrogens with zero attached hydrogens (tertiary/aromatic N) is 2. The minimum atomic E-state index is 0.148. The Morgan fingerprint density at radius 2 is 1.95 bits per heavy atom. The predicted octanol–water partition coefficient (Wildman–Crippen LogP) is 3.09. The first-order valence-corrected chi connectivity index (χ1v) is 7.28. The highest BCUT2D eigenvalue weighted by Crippen LogP contribution is 2.29. The summed E-state index contributed by atoms with van der Waals surface area (Å²) >= 11 is 0. The lowest BCUT2D eigenvalue weighted by Crippen LogP contribution is -2.19. The molecule has 1 unspecified atom stereocenters. The van der Waals surface area contributed by atoms with Gasteiger partial charge in [0.15, 0.2) is 0 Å². The number of hydrogen-bond acceptors (Lipinski definition) is 4. The first-order valence-electron chi connectivity index (χ1n) is 7.28. The molecule has 2 N–H and O–H groups in total. The second-order valence-corrected chi connectivity index (χ2v) is 5.23. The number of aromatic hydroxyl groups is 1. The molecule has 2 aromatic rings. The van der Waals surface area contributed by atoms with E-state index in [1.54, 1.807) is 12.4 Å². The van der Waals surface area contributed by atoms with Crippen LogP contribution in [0.5, 0.6) is 5.75 Å². The Hall–Kier alpha value is -2.07. The minimum absolute atomic E-state index is 0.148. The summed E-state index contributed by atoms with van der Waals surface area (Å²) in [7, 11) is 2.02. The van der Waals surface area contributed by atoms with Crippen molar-refractivity contribution in [3.8, 4) is 5.75 Å². The van der Waals surface area contributed by atoms with E-state index in [2.05, 4.69) is 29.0 Å². The third-order valence-electron chi connectivity index (χ3n) is 3.60. The molecule has 1 aromatic heterocycles. The van der Waals surface area contributed by atoms with Gasteiger partial charge in [-0.05, 0) is 37.2 Å². The predicted molar refractivity (Wildman–Crippen MR) is 86.5 cm³/mol. The van der Waals surface area contributed by atoms with Crippen molar-refractivity contribution >= 4 is 5.69 Å². The van der Waals surface area contributed by atoms with Gasteiger partial charge < -0.3 is 15.3 Å². The number of benzene rings is 1. The Morgan fingerprint density at radius 1 is 1.24 bits per heavy atom. The summed E-state index contributed by atoms with van der Waals surface area (Å²) in [6.45, 7) is 5.78. The second-order valence-electron chi connectivity index (χ2n) is 5.23. The number of nitrogens with one attached hydrogen (secondary N) is 1. The molecule has 2 rings (SSSR count). The maximum atomic E-state index is 10.2. The third-order valence-corrected chi connectivity index (χ3v) is 3.60. The minimum Gasteiger partial charge on any atom is -0.508 e. The number of pyridine rings is 1. The standard InChI is InChI=1S/C17H23N3O/c1-4-19-13(2)16-6-5-15(11-17(16)21)20(3)12-14-7-9-18-10-8-14/h5-11,13,19,21H,4,12H2,1-3H3. The lowest BCUT2D eigenvalue weighted by atomic mass is 10.1. The lowest BCUT2D eigenvalue weighted by Gasteiger charge is -2.21. The van der Waals surface area contributed by atoms with E-state index in [0.717, 1.165) is 24.3 Å². The topological polar surface area (TPSA) is 48.4 Å². The van der Waals surface area contributed by atoms with Gasteiger partial charge in [-0.25, -0.2) is 0 Å². The van der Waals surface area contributed by atoms with Crippen LogP contribution in [0.2, 0.25) is 0 Å². The van der Waals surface area contributed by atoms with Crippen LogP contribution >= 0.6 is 0 Å². The number of anilines is 1. The number of rotatable bonds is 6. The molecule has 21 heavy (non-hydrogen) atoms. The largest absolute Gasteiger partial charge is 0.508 e. The molecule has 4 heteroatoms. The quantitative estimate of drug-likeness (QED) is 0.856. The Kier molecular flexibility index (Phi) is 5.17. The van der Waals surface area contributed by atoms with Crippen LogP contribution in [-0.4, -0.2) is 23.7 Å². The highest BCUT2D eigenvalue weighted by molar-refractivity contribution is 5.53. The van der Waals surface area contributed by atoms with E-state index in [9.17, 15) is 5.11 Å². The molecule has 1 atom stereocenters. The molecule has 4 nitrogen and oxygen atoms in total. The van der Waals surface area contributed by atoms with Gasteiger partial charge in [-0.3, -0.25) is 4.98 Å². The van der Waals surface area contributed by atoms with Crippen LogP contribution in [0.25, 0.3) is 0 Å². The monoisotopic (exact) mass is 285 g/mol. The summed E-state index contributed by atoms with van der Waals surface area (Å²) in [5.74, 6) is 0.336. The molecule has 0 fully saturated rings. The van der Waals surface area contributed by atoms with Crippen molar-refractivity contribution in [2.45, 2.75) is 26.4 Å². The van der Waals surface area contributed by atoms with Crippen molar-refractivity contribution in [3.63, 3.8) is 0 Å². The Balaban J connectivity index is 2.12. The highest BCUT2D eigenvalue weighted by Gasteiger charge is 2.11. The summed E-state index contributed by atoms with van der Waals surface area (Å²) in [5, 5.41) is 13.5. The van der Waals surface area contributed by atoms with Gasteiger partial charge in [0.05, 0.1) is 0 Å². The second kappa shape index (κ2) is 7.09. The molecule has 0 aliphatic rings. The van der Waals surface area contributed by atoms with Crippen molar-refractivity contribution in [3.05, 3.63) is 53.9 Å². The molecule has 0 amide bonds. The first kappa shape index (κ1) is 15.3. The Morgan fingerprint density at radius 3 is 2.57 bits per heavy atom. The third kappa shape index (κ3) is 3.95. The molecule has 0 bridgehead atoms. The summed E-state index contributed by atoms with van der Waals surface area (Å²) in [6, 6.07) is 10.0. The van der Waals surface area contributed by atoms with Gasteiger partial charge in [0.2, 0.25) is 0 Å². The Bertz CT molecular complexity index is 572. The van der Waals surface area contributed by atoms with Crippen molar-refractivity contribution in [2.24, 2.45) is 0 Å². The number of hydrogen-bond donors (Lipinski definition) is 2. The van der Waals surface area contributed by atoms with Crippen LogP contribution < -0.4 is 10.2 Å². The van der Waals surface area contributed by atoms with Crippen molar-refractivity contribution in [2.75, 3.05) is 18.5 Å². The lowest BCUT2D eigenvalue weighted by molar-refractivity contribution is 0.454. The summed E-state index contributed by atoms with van der Waals surface area (Å²) in [6.07, 6.45) is 3.59. The molecule has 1 aromatic carbocycles. The molecule has 0 aliphatic carbocycles. The number of aromatic nitrogens is 1. The number of phenols is 1. The van der Waals surface area contributed by atoms with Crippen LogP contribution in [0, 0.1) is 0 Å². The maximum absolute atomic E-state index is 10.2. The molecule has 112 valence electrons. The number of phenolic OH excluding ortho intramolecular Hbond substituents is 1. The van der Waals surface area contributed by atoms with E-state index in [0.29, 0.717) is 5.75 Å². The van der Waals surface area contributed by atoms with Crippen LogP contribution in [0.4, 0.5) is 5.69 Å². The van der Waals surface area contributed by atoms with Gasteiger partial charge in [0, 0.05) is 49.3 Å². The fourth-order valence-corrected chi connectivity index (χ4v) is 2.41. The molecular weight excluding hydrogens is 262 g/mol. The zero-order valence-corrected chi connectivity index (χ0v) is 12.9. The van der Waals surface area contributed by atoms with Gasteiger partial charge in [0.25, 0.3) is 0 Å². The smallest absolute Gasteiger partial charge is 0.122 e. The SMILES string of the molecule is CCNC(C)c1ccc(N(C)Cc2ccncc2)cc1O. The van der Waals surface area contributed by atoms with Gasteiger partial charge >= 0.3 is 0 Å². The van der Waals surface area contributed by atoms with E-state index in [1.807, 2.05) is 37.4 Å². The highest BCUT2D eigenvalue weighted by atomic mass is 16.3. The maximum Gasteiger partial charge on any atom is 0.122 e. The summed E-state index contributed by atoms with van der Waals surface area (Å²) < 4.78 is 0. The summed E-state index contributed by atoms with van der Waals surface area (Å²) in [5.41, 5.74) is 3.12. The molecular formula is C17H23N3O.